The zero-order valence-electron chi connectivity index (χ0n) is 10.9. The van der Waals surface area contributed by atoms with Crippen molar-refractivity contribution in [3.8, 4) is 5.75 Å². The van der Waals surface area contributed by atoms with Gasteiger partial charge in [-0.1, -0.05) is 11.6 Å². The third-order valence-electron chi connectivity index (χ3n) is 2.63. The molecule has 1 rings (SSSR count). The van der Waals surface area contributed by atoms with Gasteiger partial charge in [0.15, 0.2) is 0 Å². The summed E-state index contributed by atoms with van der Waals surface area (Å²) in [6.45, 7) is 0.385. The minimum Gasteiger partial charge on any atom is -0.495 e. The molecule has 1 aromatic carbocycles. The lowest BCUT2D eigenvalue weighted by molar-refractivity contribution is -0.137. The highest BCUT2D eigenvalue weighted by Crippen LogP contribution is 2.25. The number of carboxylic acid groups (broad SMARTS) is 1. The molecule has 1 aromatic rings. The largest absolute Gasteiger partial charge is 0.495 e. The number of hydrogen-bond donors (Lipinski definition) is 1. The summed E-state index contributed by atoms with van der Waals surface area (Å²) >= 11 is 5.88. The number of nitrogens with zero attached hydrogens (tertiary/aromatic N) is 1. The number of carbonyl (C=O) groups is 2. The van der Waals surface area contributed by atoms with Gasteiger partial charge in [0, 0.05) is 25.6 Å². The van der Waals surface area contributed by atoms with Crippen molar-refractivity contribution < 1.29 is 19.4 Å². The average Bonchev–Trinajstić information content (AvgIpc) is 2.38. The number of halogens is 1. The molecule has 0 saturated heterocycles. The molecule has 0 fully saturated rings. The quantitative estimate of drug-likeness (QED) is 0.871. The summed E-state index contributed by atoms with van der Waals surface area (Å²) < 4.78 is 5.05. The van der Waals surface area contributed by atoms with E-state index in [0.29, 0.717) is 29.3 Å². The van der Waals surface area contributed by atoms with Crippen LogP contribution < -0.4 is 4.74 Å². The third-order valence-corrected chi connectivity index (χ3v) is 2.94. The maximum absolute atomic E-state index is 12.1. The van der Waals surface area contributed by atoms with Crippen molar-refractivity contribution in [1.29, 1.82) is 0 Å². The normalized spacial score (nSPS) is 10.1. The van der Waals surface area contributed by atoms with E-state index in [2.05, 4.69) is 0 Å². The SMILES string of the molecule is COc1cc(C(=O)N(C)CCCC(=O)O)ccc1Cl. The molecule has 0 unspecified atom stereocenters. The molecule has 5 nitrogen and oxygen atoms in total. The number of ether oxygens (including phenoxy) is 1. The second-order valence-electron chi connectivity index (χ2n) is 4.07. The van der Waals surface area contributed by atoms with E-state index in [0.717, 1.165) is 0 Å². The van der Waals surface area contributed by atoms with Crippen LogP contribution in [0.3, 0.4) is 0 Å². The van der Waals surface area contributed by atoms with Gasteiger partial charge in [0.1, 0.15) is 5.75 Å². The van der Waals surface area contributed by atoms with E-state index >= 15 is 0 Å². The van der Waals surface area contributed by atoms with Gasteiger partial charge in [-0.25, -0.2) is 0 Å². The van der Waals surface area contributed by atoms with Crippen molar-refractivity contribution in [1.82, 2.24) is 4.90 Å². The van der Waals surface area contributed by atoms with Crippen LogP contribution in [0.5, 0.6) is 5.75 Å². The van der Waals surface area contributed by atoms with E-state index in [9.17, 15) is 9.59 Å². The summed E-state index contributed by atoms with van der Waals surface area (Å²) in [7, 11) is 3.11. The van der Waals surface area contributed by atoms with E-state index in [1.807, 2.05) is 0 Å². The Balaban J connectivity index is 2.68. The van der Waals surface area contributed by atoms with Gasteiger partial charge < -0.3 is 14.7 Å². The van der Waals surface area contributed by atoms with Gasteiger partial charge in [-0.15, -0.1) is 0 Å². The van der Waals surface area contributed by atoms with Crippen LogP contribution in [-0.2, 0) is 4.79 Å². The Morgan fingerprint density at radius 1 is 1.42 bits per heavy atom. The Hall–Kier alpha value is -1.75. The second kappa shape index (κ2) is 6.99. The zero-order valence-corrected chi connectivity index (χ0v) is 11.6. The first kappa shape index (κ1) is 15.3. The molecule has 19 heavy (non-hydrogen) atoms. The number of carboxylic acids is 1. The monoisotopic (exact) mass is 285 g/mol. The van der Waals surface area contributed by atoms with E-state index in [-0.39, 0.29) is 12.3 Å². The highest BCUT2D eigenvalue weighted by Gasteiger charge is 2.14. The first-order chi connectivity index (χ1) is 8.95. The molecule has 0 heterocycles. The predicted molar refractivity (Wildman–Crippen MR) is 71.8 cm³/mol. The van der Waals surface area contributed by atoms with E-state index in [1.54, 1.807) is 25.2 Å². The summed E-state index contributed by atoms with van der Waals surface area (Å²) in [4.78, 5) is 24.0. The topological polar surface area (TPSA) is 66.8 Å². The van der Waals surface area contributed by atoms with Gasteiger partial charge in [-0.2, -0.15) is 0 Å². The lowest BCUT2D eigenvalue weighted by Gasteiger charge is -2.17. The predicted octanol–water partition coefficient (Wildman–Crippen LogP) is 2.29. The highest BCUT2D eigenvalue weighted by atomic mass is 35.5. The number of rotatable bonds is 6. The number of carbonyl (C=O) groups excluding carboxylic acids is 1. The first-order valence-corrected chi connectivity index (χ1v) is 6.14. The molecular formula is C13H16ClNO4. The van der Waals surface area contributed by atoms with Crippen molar-refractivity contribution in [2.24, 2.45) is 0 Å². The second-order valence-corrected chi connectivity index (χ2v) is 4.48. The number of benzene rings is 1. The van der Waals surface area contributed by atoms with Crippen LogP contribution in [0.2, 0.25) is 5.02 Å². The summed E-state index contributed by atoms with van der Waals surface area (Å²) in [5.74, 6) is -0.624. The molecular weight excluding hydrogens is 270 g/mol. The van der Waals surface area contributed by atoms with Crippen LogP contribution in [0.15, 0.2) is 18.2 Å². The minimum absolute atomic E-state index is 0.0432. The van der Waals surface area contributed by atoms with Crippen LogP contribution in [0.1, 0.15) is 23.2 Å². The van der Waals surface area contributed by atoms with Crippen LogP contribution in [0.4, 0.5) is 0 Å². The standard InChI is InChI=1S/C13H16ClNO4/c1-15(7-3-4-12(16)17)13(18)9-5-6-10(14)11(8-9)19-2/h5-6,8H,3-4,7H2,1-2H3,(H,16,17). The van der Waals surface area contributed by atoms with Gasteiger partial charge in [-0.3, -0.25) is 9.59 Å². The molecule has 0 saturated carbocycles. The molecule has 0 spiro atoms. The lowest BCUT2D eigenvalue weighted by atomic mass is 10.2. The Morgan fingerprint density at radius 3 is 2.68 bits per heavy atom. The van der Waals surface area contributed by atoms with Gasteiger partial charge in [0.25, 0.3) is 5.91 Å². The maximum atomic E-state index is 12.1. The summed E-state index contributed by atoms with van der Waals surface area (Å²) in [6.07, 6.45) is 0.462. The van der Waals surface area contributed by atoms with E-state index in [4.69, 9.17) is 21.4 Å². The van der Waals surface area contributed by atoms with Crippen molar-refractivity contribution >= 4 is 23.5 Å². The molecule has 104 valence electrons. The summed E-state index contributed by atoms with van der Waals surface area (Å²) in [5.41, 5.74) is 0.457. The van der Waals surface area contributed by atoms with Gasteiger partial charge in [0.05, 0.1) is 12.1 Å². The van der Waals surface area contributed by atoms with Crippen molar-refractivity contribution in [2.75, 3.05) is 20.7 Å². The fourth-order valence-electron chi connectivity index (χ4n) is 1.58. The third kappa shape index (κ3) is 4.44. The molecule has 0 aliphatic rings. The highest BCUT2D eigenvalue weighted by molar-refractivity contribution is 6.32. The Bertz CT molecular complexity index is 476. The van der Waals surface area contributed by atoms with Crippen LogP contribution in [0, 0.1) is 0 Å². The molecule has 0 aliphatic heterocycles. The number of hydrogen-bond acceptors (Lipinski definition) is 3. The minimum atomic E-state index is -0.867. The Morgan fingerprint density at radius 2 is 2.11 bits per heavy atom. The lowest BCUT2D eigenvalue weighted by Crippen LogP contribution is -2.28. The Labute approximate surface area is 116 Å². The molecule has 1 amide bonds. The average molecular weight is 286 g/mol. The molecule has 0 bridgehead atoms. The van der Waals surface area contributed by atoms with Gasteiger partial charge >= 0.3 is 5.97 Å². The Kier molecular flexibility index (Phi) is 5.63. The molecule has 1 N–H and O–H groups in total. The van der Waals surface area contributed by atoms with Crippen LogP contribution in [0.25, 0.3) is 0 Å². The van der Waals surface area contributed by atoms with Crippen molar-refractivity contribution in [3.05, 3.63) is 28.8 Å². The number of amides is 1. The van der Waals surface area contributed by atoms with Crippen molar-refractivity contribution in [2.45, 2.75) is 12.8 Å². The molecule has 6 heteroatoms. The summed E-state index contributed by atoms with van der Waals surface area (Å²) in [6, 6.07) is 4.78. The van der Waals surface area contributed by atoms with E-state index < -0.39 is 5.97 Å². The molecule has 0 aliphatic carbocycles. The first-order valence-electron chi connectivity index (χ1n) is 5.76. The van der Waals surface area contributed by atoms with Gasteiger partial charge in [-0.05, 0) is 24.6 Å². The number of aliphatic carboxylic acids is 1. The smallest absolute Gasteiger partial charge is 0.303 e. The van der Waals surface area contributed by atoms with E-state index in [1.165, 1.54) is 12.0 Å². The number of methoxy groups -OCH3 is 1. The fourth-order valence-corrected chi connectivity index (χ4v) is 1.78. The zero-order chi connectivity index (χ0) is 14.4. The van der Waals surface area contributed by atoms with Crippen LogP contribution >= 0.6 is 11.6 Å². The van der Waals surface area contributed by atoms with Gasteiger partial charge in [0.2, 0.25) is 0 Å². The maximum Gasteiger partial charge on any atom is 0.303 e. The molecule has 0 radical (unpaired) electrons. The van der Waals surface area contributed by atoms with Crippen molar-refractivity contribution in [3.63, 3.8) is 0 Å². The van der Waals surface area contributed by atoms with Crippen LogP contribution in [-0.4, -0.2) is 42.6 Å². The summed E-state index contributed by atoms with van der Waals surface area (Å²) in [5, 5.41) is 8.98. The fraction of sp³-hybridized carbons (Fsp3) is 0.385. The molecule has 0 aromatic heterocycles. The molecule has 0 atom stereocenters.